The number of amides is 1. The summed E-state index contributed by atoms with van der Waals surface area (Å²) < 4.78 is 0. The molecule has 2 aromatic rings. The Balaban J connectivity index is 1.71. The monoisotopic (exact) mass is 402 g/mol. The normalized spacial score (nSPS) is 22.2. The fraction of sp³-hybridized carbons (Fsp3) is 0.333. The molecule has 1 unspecified atom stereocenters. The van der Waals surface area contributed by atoms with Crippen molar-refractivity contribution in [3.05, 3.63) is 70.7 Å². The van der Waals surface area contributed by atoms with Gasteiger partial charge in [-0.2, -0.15) is 0 Å². The van der Waals surface area contributed by atoms with Gasteiger partial charge in [0.25, 0.3) is 5.91 Å². The maximum Gasteiger partial charge on any atom is 0.250 e. The van der Waals surface area contributed by atoms with Gasteiger partial charge < -0.3 is 11.1 Å². The van der Waals surface area contributed by atoms with Crippen molar-refractivity contribution in [3.63, 3.8) is 0 Å². The molecule has 0 fully saturated rings. The fourth-order valence-corrected chi connectivity index (χ4v) is 4.40. The van der Waals surface area contributed by atoms with E-state index in [0.29, 0.717) is 24.2 Å². The molecule has 1 amide bonds. The molecule has 0 radical (unpaired) electrons. The topological polar surface area (TPSA) is 97.4 Å². The van der Waals surface area contributed by atoms with Crippen LogP contribution in [-0.4, -0.2) is 22.9 Å². The number of nitrogens with one attached hydrogen (secondary N) is 1. The van der Waals surface area contributed by atoms with Crippen molar-refractivity contribution in [2.24, 2.45) is 16.1 Å². The lowest BCUT2D eigenvalue weighted by Gasteiger charge is -2.34. The summed E-state index contributed by atoms with van der Waals surface area (Å²) in [7, 11) is 0. The SMILES string of the molecule is CC1(C)CC(=O)C2=C(C1)N=CC2(C)c1ccc(C(N)=O)c(NCc2ccncc2)c1. The number of aliphatic imine (C=N–C) groups is 1. The van der Waals surface area contributed by atoms with E-state index in [9.17, 15) is 9.59 Å². The van der Waals surface area contributed by atoms with Crippen LogP contribution in [0, 0.1) is 5.41 Å². The molecule has 1 aromatic carbocycles. The number of pyridine rings is 1. The summed E-state index contributed by atoms with van der Waals surface area (Å²) >= 11 is 0. The number of nitrogens with zero attached hydrogens (tertiary/aromatic N) is 2. The minimum Gasteiger partial charge on any atom is -0.380 e. The van der Waals surface area contributed by atoms with E-state index in [0.717, 1.165) is 28.8 Å². The number of benzene rings is 1. The van der Waals surface area contributed by atoms with E-state index < -0.39 is 11.3 Å². The highest BCUT2D eigenvalue weighted by molar-refractivity contribution is 6.07. The van der Waals surface area contributed by atoms with Crippen molar-refractivity contribution in [1.29, 1.82) is 0 Å². The van der Waals surface area contributed by atoms with Crippen molar-refractivity contribution in [1.82, 2.24) is 4.98 Å². The van der Waals surface area contributed by atoms with E-state index >= 15 is 0 Å². The van der Waals surface area contributed by atoms with E-state index in [4.69, 9.17) is 5.73 Å². The molecule has 6 heteroatoms. The number of allylic oxidation sites excluding steroid dienone is 2. The Hall–Kier alpha value is -3.28. The van der Waals surface area contributed by atoms with Crippen molar-refractivity contribution < 1.29 is 9.59 Å². The van der Waals surface area contributed by atoms with Crippen LogP contribution in [0.4, 0.5) is 5.69 Å². The number of Topliss-reactive ketones (excluding diaryl/α,β-unsaturated/α-hetero) is 1. The lowest BCUT2D eigenvalue weighted by Crippen LogP contribution is -2.34. The number of rotatable bonds is 5. The number of aromatic nitrogens is 1. The van der Waals surface area contributed by atoms with Crippen LogP contribution in [-0.2, 0) is 16.8 Å². The number of anilines is 1. The molecule has 4 rings (SSSR count). The number of carbonyl (C=O) groups excluding carboxylic acids is 2. The molecule has 154 valence electrons. The van der Waals surface area contributed by atoms with Gasteiger partial charge in [0.1, 0.15) is 0 Å². The Bertz CT molecular complexity index is 1090. The highest BCUT2D eigenvalue weighted by atomic mass is 16.1. The lowest BCUT2D eigenvalue weighted by atomic mass is 9.68. The predicted molar refractivity (Wildman–Crippen MR) is 117 cm³/mol. The molecule has 30 heavy (non-hydrogen) atoms. The molecule has 1 aliphatic carbocycles. The van der Waals surface area contributed by atoms with E-state index in [2.05, 4.69) is 29.1 Å². The molecule has 6 nitrogen and oxygen atoms in total. The summed E-state index contributed by atoms with van der Waals surface area (Å²) in [5.74, 6) is -0.356. The van der Waals surface area contributed by atoms with Gasteiger partial charge in [-0.15, -0.1) is 0 Å². The van der Waals surface area contributed by atoms with Crippen LogP contribution in [0.3, 0.4) is 0 Å². The van der Waals surface area contributed by atoms with Gasteiger partial charge in [-0.05, 0) is 54.2 Å². The van der Waals surface area contributed by atoms with Gasteiger partial charge in [0.2, 0.25) is 0 Å². The highest BCUT2D eigenvalue weighted by Gasteiger charge is 2.45. The Morgan fingerprint density at radius 3 is 2.57 bits per heavy atom. The molecule has 1 aliphatic heterocycles. The Morgan fingerprint density at radius 1 is 1.13 bits per heavy atom. The molecule has 1 aromatic heterocycles. The number of ketones is 1. The zero-order chi connectivity index (χ0) is 21.5. The van der Waals surface area contributed by atoms with Crippen molar-refractivity contribution >= 4 is 23.6 Å². The molecule has 0 spiro atoms. The summed E-state index contributed by atoms with van der Waals surface area (Å²) in [4.78, 5) is 33.6. The van der Waals surface area contributed by atoms with Crippen LogP contribution in [0.5, 0.6) is 0 Å². The first kappa shape index (κ1) is 20.0. The molecule has 0 saturated carbocycles. The maximum absolute atomic E-state index is 13.0. The quantitative estimate of drug-likeness (QED) is 0.795. The van der Waals surface area contributed by atoms with Gasteiger partial charge in [0, 0.05) is 48.5 Å². The Morgan fingerprint density at radius 2 is 1.87 bits per heavy atom. The van der Waals surface area contributed by atoms with Crippen LogP contribution in [0.15, 0.2) is 59.0 Å². The third-order valence-electron chi connectivity index (χ3n) is 5.97. The summed E-state index contributed by atoms with van der Waals surface area (Å²) in [6.07, 6.45) is 6.61. The smallest absolute Gasteiger partial charge is 0.250 e. The third kappa shape index (κ3) is 3.54. The van der Waals surface area contributed by atoms with E-state index in [1.165, 1.54) is 0 Å². The van der Waals surface area contributed by atoms with Gasteiger partial charge in [0.05, 0.1) is 11.0 Å². The molecular weight excluding hydrogens is 376 g/mol. The lowest BCUT2D eigenvalue weighted by molar-refractivity contribution is -0.118. The maximum atomic E-state index is 13.0. The summed E-state index contributed by atoms with van der Waals surface area (Å²) in [6.45, 7) is 6.74. The van der Waals surface area contributed by atoms with Crippen molar-refractivity contribution in [2.45, 2.75) is 45.6 Å². The number of carbonyl (C=O) groups is 2. The van der Waals surface area contributed by atoms with Crippen LogP contribution in [0.2, 0.25) is 0 Å². The average molecular weight is 402 g/mol. The predicted octanol–water partition coefficient (Wildman–Crippen LogP) is 3.78. The zero-order valence-corrected chi connectivity index (χ0v) is 17.5. The molecule has 1 atom stereocenters. The Labute approximate surface area is 176 Å². The van der Waals surface area contributed by atoms with Crippen LogP contribution >= 0.6 is 0 Å². The molecular formula is C24H26N4O2. The molecule has 3 N–H and O–H groups in total. The van der Waals surface area contributed by atoms with Crippen LogP contribution in [0.25, 0.3) is 0 Å². The van der Waals surface area contributed by atoms with Gasteiger partial charge >= 0.3 is 0 Å². The minimum atomic E-state index is -0.619. The third-order valence-corrected chi connectivity index (χ3v) is 5.97. The van der Waals surface area contributed by atoms with Gasteiger partial charge in [-0.25, -0.2) is 0 Å². The highest BCUT2D eigenvalue weighted by Crippen LogP contribution is 2.47. The summed E-state index contributed by atoms with van der Waals surface area (Å²) in [5, 5.41) is 3.31. The second-order valence-electron chi connectivity index (χ2n) is 9.06. The largest absolute Gasteiger partial charge is 0.380 e. The molecule has 2 aliphatic rings. The standard InChI is InChI=1S/C24H26N4O2/c1-23(2)11-19-21(20(29)12-23)24(3,14-28-19)16-4-5-17(22(25)30)18(10-16)27-13-15-6-8-26-9-7-15/h4-10,14,27H,11-13H2,1-3H3,(H2,25,30). The van der Waals surface area contributed by atoms with E-state index in [1.54, 1.807) is 18.5 Å². The van der Waals surface area contributed by atoms with Crippen molar-refractivity contribution in [3.8, 4) is 0 Å². The first-order valence-electron chi connectivity index (χ1n) is 10.1. The van der Waals surface area contributed by atoms with Gasteiger partial charge in [-0.3, -0.25) is 19.6 Å². The van der Waals surface area contributed by atoms with Crippen LogP contribution in [0.1, 0.15) is 55.1 Å². The molecule has 0 saturated heterocycles. The zero-order valence-electron chi connectivity index (χ0n) is 17.5. The molecule has 0 bridgehead atoms. The van der Waals surface area contributed by atoms with Gasteiger partial charge in [-0.1, -0.05) is 19.9 Å². The fourth-order valence-electron chi connectivity index (χ4n) is 4.40. The first-order chi connectivity index (χ1) is 14.2. The number of hydrogen-bond acceptors (Lipinski definition) is 5. The van der Waals surface area contributed by atoms with E-state index in [1.807, 2.05) is 37.4 Å². The minimum absolute atomic E-state index is 0.0778. The second kappa shape index (κ2) is 7.20. The average Bonchev–Trinajstić information content (AvgIpc) is 3.03. The Kier molecular flexibility index (Phi) is 4.80. The second-order valence-corrected chi connectivity index (χ2v) is 9.06. The van der Waals surface area contributed by atoms with Crippen molar-refractivity contribution in [2.75, 3.05) is 5.32 Å². The van der Waals surface area contributed by atoms with E-state index in [-0.39, 0.29) is 11.2 Å². The van der Waals surface area contributed by atoms with Gasteiger partial charge in [0.15, 0.2) is 5.78 Å². The summed E-state index contributed by atoms with van der Waals surface area (Å²) in [5.41, 5.74) is 9.55. The number of hydrogen-bond donors (Lipinski definition) is 2. The summed E-state index contributed by atoms with van der Waals surface area (Å²) in [6, 6.07) is 9.32. The first-order valence-corrected chi connectivity index (χ1v) is 10.1. The number of nitrogens with two attached hydrogens (primary N) is 1. The number of primary amides is 1. The van der Waals surface area contributed by atoms with Crippen LogP contribution < -0.4 is 11.1 Å². The molecule has 2 heterocycles.